The first-order valence-electron chi connectivity index (χ1n) is 11.4. The number of hydrazone groups is 1. The van der Waals surface area contributed by atoms with Crippen molar-refractivity contribution in [3.8, 4) is 0 Å². The van der Waals surface area contributed by atoms with Gasteiger partial charge in [0.15, 0.2) is 0 Å². The van der Waals surface area contributed by atoms with E-state index in [-0.39, 0.29) is 29.8 Å². The minimum absolute atomic E-state index is 0.00661. The Bertz CT molecular complexity index is 742. The van der Waals surface area contributed by atoms with Crippen LogP contribution in [0.5, 0.6) is 0 Å². The predicted molar refractivity (Wildman–Crippen MR) is 114 cm³/mol. The van der Waals surface area contributed by atoms with Gasteiger partial charge in [-0.3, -0.25) is 9.59 Å². The molecule has 1 saturated heterocycles. The zero-order valence-electron chi connectivity index (χ0n) is 17.5. The third kappa shape index (κ3) is 4.24. The van der Waals surface area contributed by atoms with Crippen LogP contribution in [0.15, 0.2) is 35.4 Å². The smallest absolute Gasteiger partial charge is 0.246 e. The van der Waals surface area contributed by atoms with Gasteiger partial charge in [0.1, 0.15) is 0 Å². The fraction of sp³-hybridized carbons (Fsp3) is 0.625. The lowest BCUT2D eigenvalue weighted by Crippen LogP contribution is -2.52. The molecule has 5 heteroatoms. The van der Waals surface area contributed by atoms with E-state index in [4.69, 9.17) is 0 Å². The fourth-order valence-corrected chi connectivity index (χ4v) is 5.47. The Morgan fingerprint density at radius 3 is 2.55 bits per heavy atom. The highest BCUT2D eigenvalue weighted by molar-refractivity contribution is 5.83. The summed E-state index contributed by atoms with van der Waals surface area (Å²) in [6.45, 7) is 2.65. The molecular weight excluding hydrogens is 362 g/mol. The van der Waals surface area contributed by atoms with Crippen molar-refractivity contribution in [2.45, 2.75) is 76.8 Å². The van der Waals surface area contributed by atoms with Gasteiger partial charge in [-0.2, -0.15) is 5.10 Å². The second-order valence-corrected chi connectivity index (χ2v) is 8.77. The standard InChI is InChI=1S/C24H33N3O2/c1-2-23(28)26-16-14-20(17-22(26)19-11-7-4-8-12-19)24(29)27-21(13-15-25-27)18-9-5-3-6-10-18/h3,5-6,9-10,15,19-22H,2,4,7-8,11-14,16-17H2,1H3. The second kappa shape index (κ2) is 9.10. The number of likely N-dealkylation sites (tertiary alicyclic amines) is 1. The first kappa shape index (κ1) is 20.1. The third-order valence-electron chi connectivity index (χ3n) is 7.05. The van der Waals surface area contributed by atoms with Gasteiger partial charge in [0.25, 0.3) is 0 Å². The number of benzene rings is 1. The van der Waals surface area contributed by atoms with Crippen LogP contribution in [0.1, 0.15) is 76.3 Å². The zero-order valence-corrected chi connectivity index (χ0v) is 17.5. The largest absolute Gasteiger partial charge is 0.339 e. The number of nitrogens with zero attached hydrogens (tertiary/aromatic N) is 3. The summed E-state index contributed by atoms with van der Waals surface area (Å²) in [6, 6.07) is 10.4. The minimum atomic E-state index is -0.0377. The molecule has 156 valence electrons. The predicted octanol–water partition coefficient (Wildman–Crippen LogP) is 4.54. The summed E-state index contributed by atoms with van der Waals surface area (Å²) in [6.07, 6.45) is 10.9. The molecular formula is C24H33N3O2. The highest BCUT2D eigenvalue weighted by Gasteiger charge is 2.41. The van der Waals surface area contributed by atoms with Gasteiger partial charge in [-0.25, -0.2) is 5.01 Å². The van der Waals surface area contributed by atoms with Crippen LogP contribution in [0.4, 0.5) is 0 Å². The van der Waals surface area contributed by atoms with Crippen LogP contribution in [0.25, 0.3) is 0 Å². The first-order chi connectivity index (χ1) is 14.2. The number of carbonyl (C=O) groups is 2. The maximum Gasteiger partial charge on any atom is 0.246 e. The van der Waals surface area contributed by atoms with Crippen LogP contribution in [-0.2, 0) is 9.59 Å². The highest BCUT2D eigenvalue weighted by atomic mass is 16.2. The molecule has 2 heterocycles. The molecule has 0 aromatic heterocycles. The van der Waals surface area contributed by atoms with Crippen LogP contribution < -0.4 is 0 Å². The summed E-state index contributed by atoms with van der Waals surface area (Å²) in [5, 5.41) is 6.17. The normalized spacial score (nSPS) is 28.0. The Kier molecular flexibility index (Phi) is 6.31. The molecule has 2 fully saturated rings. The Morgan fingerprint density at radius 2 is 1.83 bits per heavy atom. The molecule has 1 saturated carbocycles. The zero-order chi connectivity index (χ0) is 20.2. The molecule has 29 heavy (non-hydrogen) atoms. The van der Waals surface area contributed by atoms with E-state index in [0.717, 1.165) is 24.8 Å². The highest BCUT2D eigenvalue weighted by Crippen LogP contribution is 2.38. The van der Waals surface area contributed by atoms with Gasteiger partial charge in [-0.05, 0) is 37.2 Å². The third-order valence-corrected chi connectivity index (χ3v) is 7.05. The lowest BCUT2D eigenvalue weighted by molar-refractivity contribution is -0.146. The summed E-state index contributed by atoms with van der Waals surface area (Å²) in [7, 11) is 0. The molecule has 3 unspecified atom stereocenters. The SMILES string of the molecule is CCC(=O)N1CCC(C(=O)N2N=CCC2c2ccccc2)CC1C1CCCCC1. The van der Waals surface area contributed by atoms with Crippen LogP contribution in [-0.4, -0.2) is 40.5 Å². The molecule has 0 bridgehead atoms. The van der Waals surface area contributed by atoms with Crippen LogP contribution in [0.2, 0.25) is 0 Å². The Balaban J connectivity index is 1.50. The van der Waals surface area contributed by atoms with Gasteiger partial charge in [-0.1, -0.05) is 56.5 Å². The number of amides is 2. The molecule has 0 spiro atoms. The van der Waals surface area contributed by atoms with E-state index in [2.05, 4.69) is 22.1 Å². The van der Waals surface area contributed by atoms with Gasteiger partial charge < -0.3 is 4.90 Å². The minimum Gasteiger partial charge on any atom is -0.339 e. The van der Waals surface area contributed by atoms with Gasteiger partial charge in [0, 0.05) is 37.6 Å². The molecule has 3 atom stereocenters. The summed E-state index contributed by atoms with van der Waals surface area (Å²) >= 11 is 0. The molecule has 0 N–H and O–H groups in total. The lowest BCUT2D eigenvalue weighted by Gasteiger charge is -2.44. The summed E-state index contributed by atoms with van der Waals surface area (Å²) in [5.74, 6) is 0.885. The van der Waals surface area contributed by atoms with Gasteiger partial charge >= 0.3 is 0 Å². The number of piperidine rings is 1. The van der Waals surface area contributed by atoms with E-state index < -0.39 is 0 Å². The van der Waals surface area contributed by atoms with E-state index in [1.165, 1.54) is 32.1 Å². The molecule has 2 amide bonds. The maximum atomic E-state index is 13.5. The molecule has 2 aliphatic heterocycles. The molecule has 1 aromatic rings. The van der Waals surface area contributed by atoms with Crippen molar-refractivity contribution in [2.75, 3.05) is 6.54 Å². The topological polar surface area (TPSA) is 53.0 Å². The van der Waals surface area contributed by atoms with E-state index in [9.17, 15) is 9.59 Å². The number of hydrogen-bond donors (Lipinski definition) is 0. The average Bonchev–Trinajstić information content (AvgIpc) is 3.29. The van der Waals surface area contributed by atoms with Crippen molar-refractivity contribution in [2.24, 2.45) is 16.9 Å². The number of rotatable bonds is 4. The summed E-state index contributed by atoms with van der Waals surface area (Å²) in [5.41, 5.74) is 1.14. The van der Waals surface area contributed by atoms with Gasteiger partial charge in [-0.15, -0.1) is 0 Å². The van der Waals surface area contributed by atoms with Crippen LogP contribution in [0.3, 0.4) is 0 Å². The van der Waals surface area contributed by atoms with E-state index in [1.54, 1.807) is 5.01 Å². The number of hydrogen-bond acceptors (Lipinski definition) is 3. The van der Waals surface area contributed by atoms with Crippen molar-refractivity contribution in [3.05, 3.63) is 35.9 Å². The van der Waals surface area contributed by atoms with Crippen molar-refractivity contribution in [3.63, 3.8) is 0 Å². The molecule has 0 radical (unpaired) electrons. The van der Waals surface area contributed by atoms with Crippen LogP contribution in [0, 0.1) is 11.8 Å². The molecule has 3 aliphatic rings. The molecule has 1 aliphatic carbocycles. The Hall–Kier alpha value is -2.17. The first-order valence-corrected chi connectivity index (χ1v) is 11.4. The quantitative estimate of drug-likeness (QED) is 0.751. The second-order valence-electron chi connectivity index (χ2n) is 8.77. The monoisotopic (exact) mass is 395 g/mol. The summed E-state index contributed by atoms with van der Waals surface area (Å²) in [4.78, 5) is 28.2. The molecule has 4 rings (SSSR count). The number of carbonyl (C=O) groups excluding carboxylic acids is 2. The van der Waals surface area contributed by atoms with E-state index in [1.807, 2.05) is 31.3 Å². The van der Waals surface area contributed by atoms with Crippen molar-refractivity contribution >= 4 is 18.0 Å². The van der Waals surface area contributed by atoms with Gasteiger partial charge in [0.05, 0.1) is 6.04 Å². The molecule has 1 aromatic carbocycles. The van der Waals surface area contributed by atoms with Crippen molar-refractivity contribution in [1.82, 2.24) is 9.91 Å². The Morgan fingerprint density at radius 1 is 1.07 bits per heavy atom. The van der Waals surface area contributed by atoms with Crippen LogP contribution >= 0.6 is 0 Å². The fourth-order valence-electron chi connectivity index (χ4n) is 5.47. The van der Waals surface area contributed by atoms with E-state index in [0.29, 0.717) is 18.9 Å². The average molecular weight is 396 g/mol. The van der Waals surface area contributed by atoms with Crippen molar-refractivity contribution in [1.29, 1.82) is 0 Å². The van der Waals surface area contributed by atoms with Gasteiger partial charge in [0.2, 0.25) is 11.8 Å². The summed E-state index contributed by atoms with van der Waals surface area (Å²) < 4.78 is 0. The maximum absolute atomic E-state index is 13.5. The van der Waals surface area contributed by atoms with Crippen molar-refractivity contribution < 1.29 is 9.59 Å². The molecule has 5 nitrogen and oxygen atoms in total. The lowest BCUT2D eigenvalue weighted by atomic mass is 9.76. The Labute approximate surface area is 174 Å². The van der Waals surface area contributed by atoms with E-state index >= 15 is 0 Å².